The Hall–Kier alpha value is -1.92. The van der Waals surface area contributed by atoms with Crippen LogP contribution in [0.4, 0.5) is 0 Å². The molecule has 7 nitrogen and oxygen atoms in total. The molecule has 3 amide bonds. The minimum absolute atomic E-state index is 0.0141. The van der Waals surface area contributed by atoms with Gasteiger partial charge in [-0.05, 0) is 45.4 Å². The molecule has 0 atom stereocenters. The molecule has 26 heavy (non-hydrogen) atoms. The van der Waals surface area contributed by atoms with E-state index < -0.39 is 0 Å². The van der Waals surface area contributed by atoms with Crippen molar-refractivity contribution >= 4 is 23.5 Å². The fourth-order valence-corrected chi connectivity index (χ4v) is 3.13. The minimum Gasteiger partial charge on any atom is -0.356 e. The number of Topliss-reactive ketones (excluding diaryl/α,β-unsaturated/α-hetero) is 1. The summed E-state index contributed by atoms with van der Waals surface area (Å²) in [5.74, 6) is 0.0340. The Morgan fingerprint density at radius 2 is 1.62 bits per heavy atom. The molecule has 0 aliphatic heterocycles. The number of carbonyl (C=O) groups is 4. The Bertz CT molecular complexity index is 499. The molecule has 1 rings (SSSR count). The van der Waals surface area contributed by atoms with Crippen LogP contribution in [0.1, 0.15) is 65.2 Å². The lowest BCUT2D eigenvalue weighted by atomic mass is 9.85. The van der Waals surface area contributed by atoms with Gasteiger partial charge in [0.1, 0.15) is 5.78 Å². The predicted octanol–water partition coefficient (Wildman–Crippen LogP) is 1.41. The van der Waals surface area contributed by atoms with Crippen LogP contribution in [0.5, 0.6) is 0 Å². The summed E-state index contributed by atoms with van der Waals surface area (Å²) < 4.78 is 0. The topological polar surface area (TPSA) is 95.6 Å². The first-order valence-electron chi connectivity index (χ1n) is 9.57. The highest BCUT2D eigenvalue weighted by Crippen LogP contribution is 2.24. The van der Waals surface area contributed by atoms with Crippen molar-refractivity contribution in [2.24, 2.45) is 5.92 Å². The second kappa shape index (κ2) is 11.6. The van der Waals surface area contributed by atoms with Crippen molar-refractivity contribution < 1.29 is 19.2 Å². The fourth-order valence-electron chi connectivity index (χ4n) is 3.13. The summed E-state index contributed by atoms with van der Waals surface area (Å²) in [4.78, 5) is 47.5. The highest BCUT2D eigenvalue weighted by atomic mass is 16.2. The average molecular weight is 367 g/mol. The number of rotatable bonds is 10. The zero-order valence-electron chi connectivity index (χ0n) is 16.3. The number of nitrogens with zero attached hydrogens (tertiary/aromatic N) is 1. The van der Waals surface area contributed by atoms with Crippen LogP contribution in [0, 0.1) is 5.92 Å². The van der Waals surface area contributed by atoms with E-state index in [-0.39, 0.29) is 42.0 Å². The van der Waals surface area contributed by atoms with Gasteiger partial charge in [-0.1, -0.05) is 6.42 Å². The highest BCUT2D eigenvalue weighted by Gasteiger charge is 2.27. The molecule has 0 heterocycles. The third-order valence-corrected chi connectivity index (χ3v) is 4.89. The Morgan fingerprint density at radius 1 is 0.962 bits per heavy atom. The van der Waals surface area contributed by atoms with Gasteiger partial charge in [0.05, 0.1) is 6.54 Å². The zero-order chi connectivity index (χ0) is 19.5. The van der Waals surface area contributed by atoms with E-state index in [1.165, 1.54) is 11.8 Å². The molecule has 148 valence electrons. The quantitative estimate of drug-likeness (QED) is 0.571. The number of carbonyl (C=O) groups excluding carboxylic acids is 4. The number of ketones is 1. The van der Waals surface area contributed by atoms with Crippen LogP contribution in [0.2, 0.25) is 0 Å². The number of unbranched alkanes of at least 4 members (excludes halogenated alkanes) is 2. The number of hydrogen-bond donors (Lipinski definition) is 2. The highest BCUT2D eigenvalue weighted by molar-refractivity contribution is 5.83. The molecular weight excluding hydrogens is 334 g/mol. The summed E-state index contributed by atoms with van der Waals surface area (Å²) in [6, 6.07) is 0.0819. The van der Waals surface area contributed by atoms with Crippen molar-refractivity contribution in [3.05, 3.63) is 0 Å². The van der Waals surface area contributed by atoms with Gasteiger partial charge in [-0.3, -0.25) is 14.4 Å². The van der Waals surface area contributed by atoms with Gasteiger partial charge in [-0.15, -0.1) is 0 Å². The summed E-state index contributed by atoms with van der Waals surface area (Å²) in [7, 11) is 1.60. The molecule has 7 heteroatoms. The van der Waals surface area contributed by atoms with E-state index in [0.717, 1.165) is 44.9 Å². The molecule has 0 aromatic heterocycles. The maximum atomic E-state index is 12.2. The van der Waals surface area contributed by atoms with Gasteiger partial charge in [0.2, 0.25) is 17.7 Å². The normalized spacial score (nSPS) is 19.5. The summed E-state index contributed by atoms with van der Waals surface area (Å²) in [6.45, 7) is 3.76. The van der Waals surface area contributed by atoms with Crippen LogP contribution in [-0.2, 0) is 19.2 Å². The van der Waals surface area contributed by atoms with Gasteiger partial charge in [-0.25, -0.2) is 0 Å². The third kappa shape index (κ3) is 8.97. The van der Waals surface area contributed by atoms with Crippen LogP contribution in [0.15, 0.2) is 0 Å². The van der Waals surface area contributed by atoms with Crippen molar-refractivity contribution in [2.75, 3.05) is 20.1 Å². The Morgan fingerprint density at radius 3 is 2.19 bits per heavy atom. The van der Waals surface area contributed by atoms with Gasteiger partial charge in [0.15, 0.2) is 0 Å². The van der Waals surface area contributed by atoms with Crippen molar-refractivity contribution in [1.29, 1.82) is 0 Å². The molecule has 0 bridgehead atoms. The molecular formula is C19H33N3O4. The monoisotopic (exact) mass is 367 g/mol. The fraction of sp³-hybridized carbons (Fsp3) is 0.789. The summed E-state index contributed by atoms with van der Waals surface area (Å²) >= 11 is 0. The van der Waals surface area contributed by atoms with Gasteiger partial charge in [0, 0.05) is 38.9 Å². The molecule has 0 radical (unpaired) electrons. The van der Waals surface area contributed by atoms with E-state index in [1.54, 1.807) is 14.0 Å². The minimum atomic E-state index is -0.152. The zero-order valence-corrected chi connectivity index (χ0v) is 16.3. The number of likely N-dealkylation sites (N-methyl/N-ethyl adjacent to an activating group) is 1. The van der Waals surface area contributed by atoms with Crippen molar-refractivity contribution in [3.63, 3.8) is 0 Å². The molecule has 2 N–H and O–H groups in total. The molecule has 0 saturated heterocycles. The molecule has 0 unspecified atom stereocenters. The van der Waals surface area contributed by atoms with Crippen LogP contribution in [0.25, 0.3) is 0 Å². The molecule has 0 aromatic carbocycles. The molecule has 1 aliphatic carbocycles. The second-order valence-corrected chi connectivity index (χ2v) is 7.29. The Labute approximate surface area is 156 Å². The smallest absolute Gasteiger partial charge is 0.239 e. The van der Waals surface area contributed by atoms with Gasteiger partial charge in [0.25, 0.3) is 0 Å². The van der Waals surface area contributed by atoms with Gasteiger partial charge in [-0.2, -0.15) is 0 Å². The van der Waals surface area contributed by atoms with Crippen LogP contribution >= 0.6 is 0 Å². The first-order valence-corrected chi connectivity index (χ1v) is 9.57. The molecule has 0 aromatic rings. The summed E-state index contributed by atoms with van der Waals surface area (Å²) in [5, 5.41) is 5.93. The van der Waals surface area contributed by atoms with Crippen molar-refractivity contribution in [3.8, 4) is 0 Å². The van der Waals surface area contributed by atoms with E-state index in [9.17, 15) is 19.2 Å². The largest absolute Gasteiger partial charge is 0.356 e. The standard InChI is InChI=1S/C19H33N3O4/c1-14(23)7-5-4-6-12-20-19(26)16-8-10-17(11-9-16)21-18(25)13-22(3)15(2)24/h16-17H,4-13H2,1-3H3,(H,20,26)(H,21,25). The first kappa shape index (κ1) is 22.1. The molecule has 0 spiro atoms. The lowest BCUT2D eigenvalue weighted by Crippen LogP contribution is -2.44. The number of nitrogens with one attached hydrogen (secondary N) is 2. The summed E-state index contributed by atoms with van der Waals surface area (Å²) in [5.41, 5.74) is 0. The van der Waals surface area contributed by atoms with Crippen LogP contribution in [-0.4, -0.2) is 54.6 Å². The maximum Gasteiger partial charge on any atom is 0.239 e. The second-order valence-electron chi connectivity index (χ2n) is 7.29. The molecule has 1 saturated carbocycles. The molecule has 1 fully saturated rings. The van der Waals surface area contributed by atoms with Crippen LogP contribution in [0.3, 0.4) is 0 Å². The maximum absolute atomic E-state index is 12.2. The molecule has 1 aliphatic rings. The van der Waals surface area contributed by atoms with E-state index in [4.69, 9.17) is 0 Å². The van der Waals surface area contributed by atoms with Crippen LogP contribution < -0.4 is 10.6 Å². The number of hydrogen-bond acceptors (Lipinski definition) is 4. The Kier molecular flexibility index (Phi) is 9.91. The summed E-state index contributed by atoms with van der Waals surface area (Å²) in [6.07, 6.45) is 6.45. The van der Waals surface area contributed by atoms with Gasteiger partial charge < -0.3 is 20.3 Å². The lowest BCUT2D eigenvalue weighted by Gasteiger charge is -2.29. The first-order chi connectivity index (χ1) is 12.3. The van der Waals surface area contributed by atoms with E-state index in [2.05, 4.69) is 10.6 Å². The van der Waals surface area contributed by atoms with Gasteiger partial charge >= 0.3 is 0 Å². The van der Waals surface area contributed by atoms with E-state index >= 15 is 0 Å². The SMILES string of the molecule is CC(=O)CCCCCNC(=O)C1CCC(NC(=O)CN(C)C(C)=O)CC1. The predicted molar refractivity (Wildman–Crippen MR) is 99.4 cm³/mol. The lowest BCUT2D eigenvalue weighted by molar-refractivity contribution is -0.133. The Balaban J connectivity index is 2.16. The average Bonchev–Trinajstić information content (AvgIpc) is 2.57. The van der Waals surface area contributed by atoms with E-state index in [1.807, 2.05) is 0 Å². The number of amides is 3. The van der Waals surface area contributed by atoms with Crippen molar-refractivity contribution in [2.45, 2.75) is 71.3 Å². The third-order valence-electron chi connectivity index (χ3n) is 4.89. The van der Waals surface area contributed by atoms with E-state index in [0.29, 0.717) is 13.0 Å². The van der Waals surface area contributed by atoms with Crippen molar-refractivity contribution in [1.82, 2.24) is 15.5 Å².